The Kier molecular flexibility index (Phi) is 6.38. The smallest absolute Gasteiger partial charge is 0.317 e. The van der Waals surface area contributed by atoms with Gasteiger partial charge in [0.25, 0.3) is 0 Å². The zero-order valence-corrected chi connectivity index (χ0v) is 16.0. The van der Waals surface area contributed by atoms with Gasteiger partial charge < -0.3 is 15.5 Å². The molecule has 0 aromatic heterocycles. The summed E-state index contributed by atoms with van der Waals surface area (Å²) in [7, 11) is 0. The topological polar surface area (TPSA) is 64.7 Å². The first-order valence-electron chi connectivity index (χ1n) is 9.34. The molecule has 1 aliphatic heterocycles. The molecule has 0 radical (unpaired) electrons. The van der Waals surface area contributed by atoms with Crippen molar-refractivity contribution >= 4 is 23.5 Å². The first kappa shape index (κ1) is 19.0. The van der Waals surface area contributed by atoms with Crippen LogP contribution in [0.5, 0.6) is 0 Å². The Morgan fingerprint density at radius 2 is 1.81 bits per heavy atom. The van der Waals surface area contributed by atoms with Crippen LogP contribution < -0.4 is 10.6 Å². The van der Waals surface area contributed by atoms with Crippen LogP contribution in [0.25, 0.3) is 0 Å². The third-order valence-electron chi connectivity index (χ3n) is 5.06. The van der Waals surface area contributed by atoms with Gasteiger partial charge in [-0.3, -0.25) is 9.69 Å². The van der Waals surface area contributed by atoms with Gasteiger partial charge in [0.1, 0.15) is 0 Å². The van der Waals surface area contributed by atoms with Gasteiger partial charge in [0.15, 0.2) is 0 Å². The number of nitrogens with one attached hydrogen (secondary N) is 2. The molecule has 1 atom stereocenters. The molecule has 1 unspecified atom stereocenters. The van der Waals surface area contributed by atoms with Crippen molar-refractivity contribution in [3.63, 3.8) is 0 Å². The molecule has 6 nitrogen and oxygen atoms in total. The Morgan fingerprint density at radius 1 is 1.15 bits per heavy atom. The number of nitrogens with zero attached hydrogens (tertiary/aromatic N) is 2. The molecule has 3 rings (SSSR count). The van der Waals surface area contributed by atoms with E-state index in [9.17, 15) is 9.59 Å². The number of carbonyl (C=O) groups is 2. The van der Waals surface area contributed by atoms with Gasteiger partial charge in [-0.1, -0.05) is 23.7 Å². The molecule has 2 N–H and O–H groups in total. The number of urea groups is 1. The van der Waals surface area contributed by atoms with E-state index in [2.05, 4.69) is 15.5 Å². The second-order valence-electron chi connectivity index (χ2n) is 7.09. The van der Waals surface area contributed by atoms with E-state index in [0.29, 0.717) is 25.7 Å². The molecule has 1 aliphatic carbocycles. The second-order valence-corrected chi connectivity index (χ2v) is 7.53. The minimum absolute atomic E-state index is 0.0336. The average Bonchev–Trinajstić information content (AvgIpc) is 3.46. The van der Waals surface area contributed by atoms with E-state index in [-0.39, 0.29) is 18.0 Å². The zero-order valence-electron chi connectivity index (χ0n) is 15.2. The van der Waals surface area contributed by atoms with Gasteiger partial charge in [0.2, 0.25) is 5.91 Å². The van der Waals surface area contributed by atoms with E-state index in [1.165, 1.54) is 0 Å². The fourth-order valence-electron chi connectivity index (χ4n) is 3.10. The van der Waals surface area contributed by atoms with E-state index in [1.807, 2.05) is 36.1 Å². The van der Waals surface area contributed by atoms with Crippen molar-refractivity contribution in [2.75, 3.05) is 32.7 Å². The lowest BCUT2D eigenvalue weighted by molar-refractivity contribution is -0.126. The van der Waals surface area contributed by atoms with E-state index in [0.717, 1.165) is 42.9 Å². The van der Waals surface area contributed by atoms with Crippen LogP contribution in [0, 0.1) is 0 Å². The summed E-state index contributed by atoms with van der Waals surface area (Å²) in [6, 6.07) is 7.89. The molecule has 2 fully saturated rings. The average molecular weight is 379 g/mol. The van der Waals surface area contributed by atoms with Crippen LogP contribution in [0.4, 0.5) is 4.79 Å². The number of hydrogen-bond donors (Lipinski definition) is 2. The molecule has 1 saturated heterocycles. The standard InChI is InChI=1S/C19H27ClN4O2/c1-14(18(25)22-17-6-7-17)23-10-12-24(13-11-23)19(26)21-9-8-15-2-4-16(20)5-3-15/h2-5,14,17H,6-13H2,1H3,(H,21,26)(H,22,25). The number of hydrogen-bond acceptors (Lipinski definition) is 3. The summed E-state index contributed by atoms with van der Waals surface area (Å²) in [4.78, 5) is 28.4. The minimum atomic E-state index is -0.134. The number of benzene rings is 1. The molecule has 26 heavy (non-hydrogen) atoms. The maximum Gasteiger partial charge on any atom is 0.317 e. The van der Waals surface area contributed by atoms with Crippen LogP contribution in [0.2, 0.25) is 5.02 Å². The Hall–Kier alpha value is -1.79. The van der Waals surface area contributed by atoms with Crippen molar-refractivity contribution in [3.05, 3.63) is 34.9 Å². The first-order valence-corrected chi connectivity index (χ1v) is 9.72. The van der Waals surface area contributed by atoms with Gasteiger partial charge in [-0.05, 0) is 43.9 Å². The SMILES string of the molecule is CC(C(=O)NC1CC1)N1CCN(C(=O)NCCc2ccc(Cl)cc2)CC1. The van der Waals surface area contributed by atoms with Crippen LogP contribution >= 0.6 is 11.6 Å². The molecular weight excluding hydrogens is 352 g/mol. The molecule has 1 aromatic rings. The summed E-state index contributed by atoms with van der Waals surface area (Å²) < 4.78 is 0. The maximum atomic E-state index is 12.3. The van der Waals surface area contributed by atoms with Crippen molar-refractivity contribution < 1.29 is 9.59 Å². The van der Waals surface area contributed by atoms with Crippen molar-refractivity contribution in [3.8, 4) is 0 Å². The number of carbonyl (C=O) groups excluding carboxylic acids is 2. The van der Waals surface area contributed by atoms with E-state index in [4.69, 9.17) is 11.6 Å². The second kappa shape index (κ2) is 8.73. The van der Waals surface area contributed by atoms with Crippen LogP contribution in [-0.2, 0) is 11.2 Å². The van der Waals surface area contributed by atoms with Crippen LogP contribution in [0.15, 0.2) is 24.3 Å². The summed E-state index contributed by atoms with van der Waals surface area (Å²) in [5.41, 5.74) is 1.15. The van der Waals surface area contributed by atoms with Crippen molar-refractivity contribution in [2.24, 2.45) is 0 Å². The quantitative estimate of drug-likeness (QED) is 0.794. The zero-order chi connectivity index (χ0) is 18.5. The van der Waals surface area contributed by atoms with Gasteiger partial charge in [-0.15, -0.1) is 0 Å². The predicted octanol–water partition coefficient (Wildman–Crippen LogP) is 1.88. The van der Waals surface area contributed by atoms with Crippen molar-refractivity contribution in [2.45, 2.75) is 38.3 Å². The molecule has 1 aromatic carbocycles. The van der Waals surface area contributed by atoms with Crippen LogP contribution in [-0.4, -0.2) is 66.5 Å². The molecule has 0 bridgehead atoms. The van der Waals surface area contributed by atoms with Crippen molar-refractivity contribution in [1.29, 1.82) is 0 Å². The van der Waals surface area contributed by atoms with Crippen LogP contribution in [0.3, 0.4) is 0 Å². The molecule has 0 spiro atoms. The maximum absolute atomic E-state index is 12.3. The Morgan fingerprint density at radius 3 is 2.42 bits per heavy atom. The summed E-state index contributed by atoms with van der Waals surface area (Å²) in [6.45, 7) is 5.29. The third-order valence-corrected chi connectivity index (χ3v) is 5.31. The number of amides is 3. The van der Waals surface area contributed by atoms with Gasteiger partial charge >= 0.3 is 6.03 Å². The van der Waals surface area contributed by atoms with Gasteiger partial charge in [-0.2, -0.15) is 0 Å². The summed E-state index contributed by atoms with van der Waals surface area (Å²) in [5, 5.41) is 6.74. The van der Waals surface area contributed by atoms with Gasteiger partial charge in [-0.25, -0.2) is 4.79 Å². The van der Waals surface area contributed by atoms with Gasteiger partial charge in [0.05, 0.1) is 6.04 Å². The number of rotatable bonds is 6. The highest BCUT2D eigenvalue weighted by atomic mass is 35.5. The van der Waals surface area contributed by atoms with Gasteiger partial charge in [0, 0.05) is 43.8 Å². The largest absolute Gasteiger partial charge is 0.352 e. The normalized spacial score (nSPS) is 19.1. The summed E-state index contributed by atoms with van der Waals surface area (Å²) >= 11 is 5.87. The lowest BCUT2D eigenvalue weighted by atomic mass is 10.1. The summed E-state index contributed by atoms with van der Waals surface area (Å²) in [5.74, 6) is 0.105. The lowest BCUT2D eigenvalue weighted by Crippen LogP contribution is -2.56. The molecule has 3 amide bonds. The highest BCUT2D eigenvalue weighted by Crippen LogP contribution is 2.19. The van der Waals surface area contributed by atoms with E-state index in [1.54, 1.807) is 0 Å². The summed E-state index contributed by atoms with van der Waals surface area (Å²) in [6.07, 6.45) is 2.98. The highest BCUT2D eigenvalue weighted by Gasteiger charge is 2.30. The molecular formula is C19H27ClN4O2. The lowest BCUT2D eigenvalue weighted by Gasteiger charge is -2.37. The molecule has 7 heteroatoms. The van der Waals surface area contributed by atoms with E-state index >= 15 is 0 Å². The van der Waals surface area contributed by atoms with Crippen LogP contribution in [0.1, 0.15) is 25.3 Å². The predicted molar refractivity (Wildman–Crippen MR) is 102 cm³/mol. The highest BCUT2D eigenvalue weighted by molar-refractivity contribution is 6.30. The first-order chi connectivity index (χ1) is 12.5. The molecule has 142 valence electrons. The molecule has 1 heterocycles. The fourth-order valence-corrected chi connectivity index (χ4v) is 3.23. The monoisotopic (exact) mass is 378 g/mol. The van der Waals surface area contributed by atoms with E-state index < -0.39 is 0 Å². The Labute approximate surface area is 159 Å². The Bertz CT molecular complexity index is 625. The minimum Gasteiger partial charge on any atom is -0.352 e. The number of halogens is 1. The Balaban J connectivity index is 1.36. The van der Waals surface area contributed by atoms with Crippen molar-refractivity contribution in [1.82, 2.24) is 20.4 Å². The third kappa shape index (κ3) is 5.35. The molecule has 1 saturated carbocycles. The fraction of sp³-hybridized carbons (Fsp3) is 0.579. The molecule has 2 aliphatic rings. The number of piperazine rings is 1.